The fourth-order valence-electron chi connectivity index (χ4n) is 7.40. The van der Waals surface area contributed by atoms with Gasteiger partial charge in [0.1, 0.15) is 0 Å². The highest BCUT2D eigenvalue weighted by atomic mass is 16.4. The molecular weight excluding hydrogens is 663 g/mol. The van der Waals surface area contributed by atoms with Crippen LogP contribution >= 0.6 is 0 Å². The van der Waals surface area contributed by atoms with Gasteiger partial charge in [0.15, 0.2) is 0 Å². The molecular formula is C47H37BN4O2. The number of H-pyrrole nitrogens is 2. The molecule has 0 saturated heterocycles. The summed E-state index contributed by atoms with van der Waals surface area (Å²) in [5, 5.41) is 19.8. The molecule has 0 fully saturated rings. The van der Waals surface area contributed by atoms with Crippen molar-refractivity contribution in [1.82, 2.24) is 19.9 Å². The first-order valence-electron chi connectivity index (χ1n) is 18.1. The monoisotopic (exact) mass is 700 g/mol. The van der Waals surface area contributed by atoms with Gasteiger partial charge in [0.2, 0.25) is 0 Å². The number of benzene rings is 4. The number of rotatable bonds is 5. The number of nitrogens with one attached hydrogen (secondary N) is 2. The van der Waals surface area contributed by atoms with Crippen LogP contribution in [0.5, 0.6) is 0 Å². The number of nitrogens with zero attached hydrogens (tertiary/aromatic N) is 2. The van der Waals surface area contributed by atoms with E-state index in [1.165, 1.54) is 16.7 Å². The number of fused-ring (bicyclic) bond motifs is 8. The Kier molecular flexibility index (Phi) is 8.30. The van der Waals surface area contributed by atoms with Crippen LogP contribution in [0.2, 0.25) is 0 Å². The fraction of sp³-hybridized carbons (Fsp3) is 0.0638. The molecule has 54 heavy (non-hydrogen) atoms. The Hall–Kier alpha value is -6.54. The minimum atomic E-state index is -1.56. The van der Waals surface area contributed by atoms with E-state index in [4.69, 9.17) is 9.97 Å². The molecule has 7 heteroatoms. The first kappa shape index (κ1) is 33.3. The number of aryl methyl sites for hydroxylation is 3. The largest absolute Gasteiger partial charge is 0.488 e. The third-order valence-electron chi connectivity index (χ3n) is 10.3. The van der Waals surface area contributed by atoms with E-state index in [2.05, 4.69) is 152 Å². The maximum Gasteiger partial charge on any atom is 0.488 e. The maximum absolute atomic E-state index is 9.88. The summed E-state index contributed by atoms with van der Waals surface area (Å²) in [6.07, 6.45) is 8.37. The summed E-state index contributed by atoms with van der Waals surface area (Å²) >= 11 is 0. The van der Waals surface area contributed by atoms with Gasteiger partial charge in [0.25, 0.3) is 0 Å². The average molecular weight is 701 g/mol. The van der Waals surface area contributed by atoms with Crippen molar-refractivity contribution in [3.05, 3.63) is 161 Å². The van der Waals surface area contributed by atoms with Gasteiger partial charge in [0.05, 0.1) is 22.8 Å². The van der Waals surface area contributed by atoms with Gasteiger partial charge in [-0.2, -0.15) is 0 Å². The number of aromatic amines is 2. The SMILES string of the molecule is Cc1ccc(-c2c3nc(c(-c4ccc(C)cc4)c4ccc([nH]4)c(-c4ccc(B(O)O)cc4)c4nc(c(-c5ccc(C)cc5)c5ccc2[nH]5)C=C4)C=C3)cc1. The second-order valence-corrected chi connectivity index (χ2v) is 14.1. The second kappa shape index (κ2) is 13.5. The maximum atomic E-state index is 9.88. The summed E-state index contributed by atoms with van der Waals surface area (Å²) in [5.41, 5.74) is 19.0. The van der Waals surface area contributed by atoms with Gasteiger partial charge in [-0.25, -0.2) is 9.97 Å². The summed E-state index contributed by atoms with van der Waals surface area (Å²) in [5.74, 6) is 0. The molecule has 0 radical (unpaired) electrons. The quantitative estimate of drug-likeness (QED) is 0.134. The Balaban J connectivity index is 1.45. The standard InChI is InChI=1S/C47H37BN4O2/c1-28-4-10-31(11-5-28)44-36-20-22-38(49-36)45(32-12-6-29(2)7-13-32)40-24-26-42(51-40)47(34-16-18-35(19-17-34)48(53)54)43-27-25-41(52-43)46(39-23-21-37(44)50-39)33-14-8-30(3)9-15-33/h4-27,49,52-54H,1-3H3. The van der Waals surface area contributed by atoms with Gasteiger partial charge >= 0.3 is 7.12 Å². The molecule has 2 aliphatic heterocycles. The number of aromatic nitrogens is 4. The summed E-state index contributed by atoms with van der Waals surface area (Å²) in [7, 11) is -1.56. The van der Waals surface area contributed by atoms with Crippen LogP contribution in [-0.4, -0.2) is 37.1 Å². The van der Waals surface area contributed by atoms with E-state index in [0.717, 1.165) is 89.4 Å². The van der Waals surface area contributed by atoms with Crippen LogP contribution in [0.4, 0.5) is 0 Å². The molecule has 0 amide bonds. The van der Waals surface area contributed by atoms with Crippen molar-refractivity contribution >= 4 is 59.0 Å². The molecule has 8 bridgehead atoms. The van der Waals surface area contributed by atoms with Gasteiger partial charge in [-0.15, -0.1) is 0 Å². The van der Waals surface area contributed by atoms with Gasteiger partial charge in [0, 0.05) is 44.3 Å². The average Bonchev–Trinajstić information content (AvgIpc) is 4.02. The van der Waals surface area contributed by atoms with E-state index < -0.39 is 7.12 Å². The van der Waals surface area contributed by atoms with Gasteiger partial charge in [-0.3, -0.25) is 0 Å². The molecule has 2 aliphatic rings. The normalized spacial score (nSPS) is 12.0. The molecule has 3 aromatic heterocycles. The minimum absolute atomic E-state index is 0.420. The first-order chi connectivity index (χ1) is 26.3. The molecule has 5 heterocycles. The molecule has 0 spiro atoms. The molecule has 0 aliphatic carbocycles. The van der Waals surface area contributed by atoms with Gasteiger partial charge in [-0.05, 0) is 97.1 Å². The zero-order valence-corrected chi connectivity index (χ0v) is 30.2. The molecule has 260 valence electrons. The summed E-state index contributed by atoms with van der Waals surface area (Å²) in [4.78, 5) is 18.3. The number of hydrogen-bond donors (Lipinski definition) is 4. The summed E-state index contributed by atoms with van der Waals surface area (Å²) < 4.78 is 0. The van der Waals surface area contributed by atoms with Crippen molar-refractivity contribution in [1.29, 1.82) is 0 Å². The van der Waals surface area contributed by atoms with E-state index >= 15 is 0 Å². The molecule has 7 aromatic rings. The Morgan fingerprint density at radius 3 is 0.889 bits per heavy atom. The Labute approximate surface area is 314 Å². The fourth-order valence-corrected chi connectivity index (χ4v) is 7.40. The van der Waals surface area contributed by atoms with Crippen molar-refractivity contribution in [2.75, 3.05) is 0 Å². The van der Waals surface area contributed by atoms with E-state index in [1.807, 2.05) is 12.1 Å². The predicted molar refractivity (Wildman–Crippen MR) is 225 cm³/mol. The van der Waals surface area contributed by atoms with E-state index in [1.54, 1.807) is 12.1 Å². The minimum Gasteiger partial charge on any atom is -0.423 e. The molecule has 0 saturated carbocycles. The lowest BCUT2D eigenvalue weighted by Gasteiger charge is -2.08. The highest BCUT2D eigenvalue weighted by Crippen LogP contribution is 2.38. The van der Waals surface area contributed by atoms with Crippen LogP contribution in [0.3, 0.4) is 0 Å². The van der Waals surface area contributed by atoms with Crippen LogP contribution < -0.4 is 5.46 Å². The molecule has 0 atom stereocenters. The third-order valence-corrected chi connectivity index (χ3v) is 10.3. The molecule has 4 N–H and O–H groups in total. The smallest absolute Gasteiger partial charge is 0.423 e. The van der Waals surface area contributed by atoms with Crippen molar-refractivity contribution in [2.45, 2.75) is 20.8 Å². The van der Waals surface area contributed by atoms with Crippen LogP contribution in [0, 0.1) is 20.8 Å². The van der Waals surface area contributed by atoms with E-state index in [-0.39, 0.29) is 0 Å². The zero-order chi connectivity index (χ0) is 36.9. The lowest BCUT2D eigenvalue weighted by atomic mass is 9.80. The highest BCUT2D eigenvalue weighted by Gasteiger charge is 2.19. The summed E-state index contributed by atoms with van der Waals surface area (Å²) in [6, 6.07) is 41.5. The predicted octanol–water partition coefficient (Wildman–Crippen LogP) is 9.93. The summed E-state index contributed by atoms with van der Waals surface area (Å²) in [6.45, 7) is 6.29. The van der Waals surface area contributed by atoms with E-state index in [9.17, 15) is 10.0 Å². The highest BCUT2D eigenvalue weighted by molar-refractivity contribution is 6.58. The zero-order valence-electron chi connectivity index (χ0n) is 30.2. The van der Waals surface area contributed by atoms with Crippen molar-refractivity contribution in [2.24, 2.45) is 0 Å². The third kappa shape index (κ3) is 6.09. The van der Waals surface area contributed by atoms with Crippen molar-refractivity contribution in [3.63, 3.8) is 0 Å². The van der Waals surface area contributed by atoms with Crippen LogP contribution in [0.1, 0.15) is 39.5 Å². The Morgan fingerprint density at radius 2 is 0.630 bits per heavy atom. The van der Waals surface area contributed by atoms with Crippen molar-refractivity contribution in [3.8, 4) is 44.5 Å². The molecule has 4 aromatic carbocycles. The topological polar surface area (TPSA) is 97.8 Å². The van der Waals surface area contributed by atoms with Crippen LogP contribution in [0.25, 0.3) is 90.9 Å². The second-order valence-electron chi connectivity index (χ2n) is 14.1. The lowest BCUT2D eigenvalue weighted by molar-refractivity contribution is 0.426. The molecule has 6 nitrogen and oxygen atoms in total. The molecule has 9 rings (SSSR count). The Bertz CT molecular complexity index is 2750. The molecule has 0 unspecified atom stereocenters. The van der Waals surface area contributed by atoms with Crippen molar-refractivity contribution < 1.29 is 10.0 Å². The van der Waals surface area contributed by atoms with E-state index in [0.29, 0.717) is 5.46 Å². The number of hydrogen-bond acceptors (Lipinski definition) is 4. The van der Waals surface area contributed by atoms with Gasteiger partial charge < -0.3 is 20.0 Å². The lowest BCUT2D eigenvalue weighted by Crippen LogP contribution is -2.29. The van der Waals surface area contributed by atoms with Crippen LogP contribution in [-0.2, 0) is 0 Å². The van der Waals surface area contributed by atoms with Gasteiger partial charge in [-0.1, -0.05) is 114 Å². The van der Waals surface area contributed by atoms with Crippen LogP contribution in [0.15, 0.2) is 121 Å². The first-order valence-corrected chi connectivity index (χ1v) is 18.1. The Morgan fingerprint density at radius 1 is 0.370 bits per heavy atom.